The molecule has 19 heavy (non-hydrogen) atoms. The summed E-state index contributed by atoms with van der Waals surface area (Å²) < 4.78 is 0. The quantitative estimate of drug-likeness (QED) is 0.657. The van der Waals surface area contributed by atoms with Crippen LogP contribution >= 0.6 is 11.8 Å². The van der Waals surface area contributed by atoms with Gasteiger partial charge in [0.15, 0.2) is 0 Å². The highest BCUT2D eigenvalue weighted by atomic mass is 32.2. The minimum atomic E-state index is -1.01. The number of amides is 2. The van der Waals surface area contributed by atoms with Gasteiger partial charge < -0.3 is 15.7 Å². The molecule has 0 radical (unpaired) electrons. The van der Waals surface area contributed by atoms with E-state index in [-0.39, 0.29) is 18.1 Å². The number of carboxylic acid groups (broad SMARTS) is 1. The molecule has 2 amide bonds. The summed E-state index contributed by atoms with van der Waals surface area (Å²) in [4.78, 5) is 26.2. The molecule has 1 heterocycles. The number of carboxylic acids is 1. The van der Waals surface area contributed by atoms with Crippen LogP contribution in [0.4, 0.5) is 4.79 Å². The molecule has 7 heteroatoms. The Morgan fingerprint density at radius 3 is 2.89 bits per heavy atom. The summed E-state index contributed by atoms with van der Waals surface area (Å²) in [6.45, 7) is 0.824. The molecule has 1 rings (SSSR count). The van der Waals surface area contributed by atoms with Gasteiger partial charge in [0.05, 0.1) is 17.8 Å². The van der Waals surface area contributed by atoms with Crippen molar-refractivity contribution in [2.75, 3.05) is 18.6 Å². The van der Waals surface area contributed by atoms with Crippen molar-refractivity contribution in [3.63, 3.8) is 0 Å². The maximum atomic E-state index is 11.4. The van der Waals surface area contributed by atoms with Crippen LogP contribution in [-0.2, 0) is 6.54 Å². The summed E-state index contributed by atoms with van der Waals surface area (Å²) in [6, 6.07) is 2.58. The van der Waals surface area contributed by atoms with E-state index in [1.54, 1.807) is 11.8 Å². The van der Waals surface area contributed by atoms with Gasteiger partial charge >= 0.3 is 12.0 Å². The van der Waals surface area contributed by atoms with Gasteiger partial charge in [-0.15, -0.1) is 0 Å². The molecule has 0 spiro atoms. The van der Waals surface area contributed by atoms with Crippen LogP contribution in [0.5, 0.6) is 0 Å². The van der Waals surface area contributed by atoms with Gasteiger partial charge in [0.2, 0.25) is 0 Å². The monoisotopic (exact) mass is 283 g/mol. The number of pyridine rings is 1. The smallest absolute Gasteiger partial charge is 0.335 e. The molecule has 104 valence electrons. The van der Waals surface area contributed by atoms with E-state index in [0.717, 1.165) is 12.2 Å². The number of urea groups is 1. The second kappa shape index (κ2) is 8.36. The van der Waals surface area contributed by atoms with Crippen molar-refractivity contribution in [2.24, 2.45) is 0 Å². The molecule has 0 atom stereocenters. The first kappa shape index (κ1) is 15.3. The largest absolute Gasteiger partial charge is 0.478 e. The minimum absolute atomic E-state index is 0.159. The molecule has 0 aliphatic carbocycles. The van der Waals surface area contributed by atoms with Gasteiger partial charge in [-0.1, -0.05) is 0 Å². The maximum absolute atomic E-state index is 11.4. The number of hydrogen-bond donors (Lipinski definition) is 3. The number of carbonyl (C=O) groups is 2. The number of aromatic carboxylic acids is 1. The van der Waals surface area contributed by atoms with Gasteiger partial charge in [-0.05, 0) is 30.6 Å². The Hall–Kier alpha value is -1.76. The second-order valence-electron chi connectivity index (χ2n) is 3.80. The zero-order chi connectivity index (χ0) is 14.1. The molecule has 0 aliphatic heterocycles. The van der Waals surface area contributed by atoms with Crippen LogP contribution in [0.3, 0.4) is 0 Å². The van der Waals surface area contributed by atoms with Gasteiger partial charge in [-0.3, -0.25) is 4.98 Å². The van der Waals surface area contributed by atoms with Crippen LogP contribution in [0.2, 0.25) is 0 Å². The summed E-state index contributed by atoms with van der Waals surface area (Å²) in [5, 5.41) is 14.2. The Morgan fingerprint density at radius 2 is 2.21 bits per heavy atom. The normalized spacial score (nSPS) is 9.95. The Morgan fingerprint density at radius 1 is 1.42 bits per heavy atom. The third kappa shape index (κ3) is 6.10. The van der Waals surface area contributed by atoms with Crippen LogP contribution < -0.4 is 10.6 Å². The average molecular weight is 283 g/mol. The Kier molecular flexibility index (Phi) is 6.73. The first-order chi connectivity index (χ1) is 9.13. The summed E-state index contributed by atoms with van der Waals surface area (Å²) >= 11 is 1.73. The first-order valence-corrected chi connectivity index (χ1v) is 7.21. The fourth-order valence-corrected chi connectivity index (χ4v) is 1.79. The van der Waals surface area contributed by atoms with E-state index in [1.807, 2.05) is 6.26 Å². The SMILES string of the molecule is CSCCCNC(=O)NCc1cc(C(=O)O)ccn1. The lowest BCUT2D eigenvalue weighted by atomic mass is 10.2. The third-order valence-electron chi connectivity index (χ3n) is 2.30. The number of rotatable bonds is 7. The van der Waals surface area contributed by atoms with Crippen molar-refractivity contribution in [3.8, 4) is 0 Å². The number of thioether (sulfide) groups is 1. The lowest BCUT2D eigenvalue weighted by Gasteiger charge is -2.07. The van der Waals surface area contributed by atoms with Gasteiger partial charge in [0.1, 0.15) is 0 Å². The highest BCUT2D eigenvalue weighted by Gasteiger charge is 2.05. The van der Waals surface area contributed by atoms with Crippen molar-refractivity contribution >= 4 is 23.8 Å². The predicted octanol–water partition coefficient (Wildman–Crippen LogP) is 1.33. The Labute approximate surface area is 116 Å². The van der Waals surface area contributed by atoms with E-state index in [9.17, 15) is 9.59 Å². The Balaban J connectivity index is 2.33. The second-order valence-corrected chi connectivity index (χ2v) is 4.78. The first-order valence-electron chi connectivity index (χ1n) is 5.82. The summed E-state index contributed by atoms with van der Waals surface area (Å²) in [5.41, 5.74) is 0.673. The third-order valence-corrected chi connectivity index (χ3v) is 3.00. The van der Waals surface area contributed by atoms with Crippen LogP contribution in [0.25, 0.3) is 0 Å². The lowest BCUT2D eigenvalue weighted by molar-refractivity contribution is 0.0696. The highest BCUT2D eigenvalue weighted by Crippen LogP contribution is 2.01. The fourth-order valence-electron chi connectivity index (χ4n) is 1.36. The summed E-state index contributed by atoms with van der Waals surface area (Å²) in [7, 11) is 0. The Bertz CT molecular complexity index is 440. The number of carbonyl (C=O) groups excluding carboxylic acids is 1. The number of hydrogen-bond acceptors (Lipinski definition) is 4. The topological polar surface area (TPSA) is 91.3 Å². The maximum Gasteiger partial charge on any atom is 0.335 e. The molecule has 1 aromatic heterocycles. The van der Waals surface area contributed by atoms with Crippen LogP contribution in [0, 0.1) is 0 Å². The standard InChI is InChI=1S/C12H17N3O3S/c1-19-6-2-4-14-12(18)15-8-10-7-9(11(16)17)3-5-13-10/h3,5,7H,2,4,6,8H2,1H3,(H,16,17)(H2,14,15,18). The zero-order valence-corrected chi connectivity index (χ0v) is 11.5. The van der Waals surface area contributed by atoms with Crippen LogP contribution in [0.1, 0.15) is 22.5 Å². The molecule has 3 N–H and O–H groups in total. The molecule has 0 saturated carbocycles. The number of aromatic nitrogens is 1. The summed E-state index contributed by atoms with van der Waals surface area (Å²) in [6.07, 6.45) is 4.35. The van der Waals surface area contributed by atoms with E-state index in [4.69, 9.17) is 5.11 Å². The van der Waals surface area contributed by atoms with E-state index in [2.05, 4.69) is 15.6 Å². The molecule has 0 fully saturated rings. The molecule has 0 bridgehead atoms. The van der Waals surface area contributed by atoms with Gasteiger partial charge in [-0.2, -0.15) is 11.8 Å². The van der Waals surface area contributed by atoms with Crippen LogP contribution in [0.15, 0.2) is 18.3 Å². The highest BCUT2D eigenvalue weighted by molar-refractivity contribution is 7.98. The van der Waals surface area contributed by atoms with Gasteiger partial charge in [0.25, 0.3) is 0 Å². The van der Waals surface area contributed by atoms with Gasteiger partial charge in [0, 0.05) is 12.7 Å². The predicted molar refractivity (Wildman–Crippen MR) is 74.4 cm³/mol. The molecular weight excluding hydrogens is 266 g/mol. The average Bonchev–Trinajstić information content (AvgIpc) is 2.41. The van der Waals surface area contributed by atoms with Crippen molar-refractivity contribution in [1.29, 1.82) is 0 Å². The van der Waals surface area contributed by atoms with Crippen molar-refractivity contribution in [3.05, 3.63) is 29.6 Å². The summed E-state index contributed by atoms with van der Waals surface area (Å²) in [5.74, 6) is -0.00663. The molecule has 0 unspecified atom stereocenters. The molecule has 0 aliphatic rings. The van der Waals surface area contributed by atoms with E-state index < -0.39 is 5.97 Å². The molecule has 0 aromatic carbocycles. The lowest BCUT2D eigenvalue weighted by Crippen LogP contribution is -2.35. The number of nitrogens with zero attached hydrogens (tertiary/aromatic N) is 1. The van der Waals surface area contributed by atoms with Crippen molar-refractivity contribution in [2.45, 2.75) is 13.0 Å². The van der Waals surface area contributed by atoms with E-state index in [0.29, 0.717) is 12.2 Å². The van der Waals surface area contributed by atoms with E-state index >= 15 is 0 Å². The minimum Gasteiger partial charge on any atom is -0.478 e. The molecule has 0 saturated heterocycles. The molecular formula is C12H17N3O3S. The van der Waals surface area contributed by atoms with Gasteiger partial charge in [-0.25, -0.2) is 9.59 Å². The molecule has 6 nitrogen and oxygen atoms in total. The van der Waals surface area contributed by atoms with E-state index in [1.165, 1.54) is 18.3 Å². The fraction of sp³-hybridized carbons (Fsp3) is 0.417. The van der Waals surface area contributed by atoms with Crippen molar-refractivity contribution in [1.82, 2.24) is 15.6 Å². The number of nitrogens with one attached hydrogen (secondary N) is 2. The molecule has 1 aromatic rings. The van der Waals surface area contributed by atoms with Crippen molar-refractivity contribution < 1.29 is 14.7 Å². The van der Waals surface area contributed by atoms with Crippen LogP contribution in [-0.4, -0.2) is 40.6 Å². The zero-order valence-electron chi connectivity index (χ0n) is 10.7.